The SMILES string of the molecule is C=C1C[C@H](OC(C)=O)[C@H](OC(C)=O)[C@]2(C)[C@@H](OC(C)=O)CCC(=C)[C@H](Cl)[C@@H]3OC(=O)[C@H](C)[C@@]3(O)[C@@H](OC(C)=O)[C@@H]12. The molecule has 3 fully saturated rings. The summed E-state index contributed by atoms with van der Waals surface area (Å²) < 4.78 is 28.6. The molecule has 40 heavy (non-hydrogen) atoms. The monoisotopic (exact) mass is 584 g/mol. The average molecular weight is 585 g/mol. The topological polar surface area (TPSA) is 152 Å². The molecule has 1 heterocycles. The van der Waals surface area contributed by atoms with Gasteiger partial charge in [-0.15, -0.1) is 11.6 Å². The molecule has 12 heteroatoms. The first kappa shape index (κ1) is 31.6. The van der Waals surface area contributed by atoms with Gasteiger partial charge in [-0.3, -0.25) is 24.0 Å². The predicted octanol–water partition coefficient (Wildman–Crippen LogP) is 2.55. The Morgan fingerprint density at radius 2 is 1.45 bits per heavy atom. The van der Waals surface area contributed by atoms with Gasteiger partial charge < -0.3 is 28.8 Å². The molecule has 3 aliphatic rings. The van der Waals surface area contributed by atoms with Gasteiger partial charge in [0.1, 0.15) is 24.4 Å². The normalized spacial score (nSPS) is 39.6. The Bertz CT molecular complexity index is 1120. The van der Waals surface area contributed by atoms with Gasteiger partial charge in [0.15, 0.2) is 11.7 Å². The summed E-state index contributed by atoms with van der Waals surface area (Å²) in [6.07, 6.45) is -6.07. The highest BCUT2D eigenvalue weighted by Crippen LogP contribution is 2.57. The van der Waals surface area contributed by atoms with Crippen molar-refractivity contribution in [2.45, 2.75) is 102 Å². The summed E-state index contributed by atoms with van der Waals surface area (Å²) >= 11 is 6.74. The van der Waals surface area contributed by atoms with Crippen molar-refractivity contribution in [3.8, 4) is 0 Å². The predicted molar refractivity (Wildman–Crippen MR) is 140 cm³/mol. The maximum atomic E-state index is 12.9. The van der Waals surface area contributed by atoms with E-state index in [9.17, 15) is 29.1 Å². The number of esters is 5. The van der Waals surface area contributed by atoms with Crippen LogP contribution >= 0.6 is 11.6 Å². The zero-order chi connectivity index (χ0) is 30.3. The van der Waals surface area contributed by atoms with Gasteiger partial charge in [0.2, 0.25) is 0 Å². The first-order valence-corrected chi connectivity index (χ1v) is 13.5. The molecule has 0 unspecified atom stereocenters. The lowest BCUT2D eigenvalue weighted by Gasteiger charge is -2.57. The fourth-order valence-corrected chi connectivity index (χ4v) is 6.93. The van der Waals surface area contributed by atoms with Gasteiger partial charge in [0.25, 0.3) is 0 Å². The molecule has 0 spiro atoms. The second kappa shape index (κ2) is 11.5. The van der Waals surface area contributed by atoms with Crippen molar-refractivity contribution < 1.29 is 52.8 Å². The standard InChI is InChI=1S/C28H37ClO11/c1-12-9-10-20(37-16(5)31)27(8)21(13(2)11-19(36-15(4)30)23(27)38-17(6)32)24(39-18(7)33)28(35)14(3)26(34)40-25(28)22(12)29/h14,19-25,35H,1-2,9-11H2,3-8H3/t14-,19-,20-,21+,22-,23-,24-,25-,27+,28+/m0/s1. The van der Waals surface area contributed by atoms with E-state index in [4.69, 9.17) is 35.3 Å². The van der Waals surface area contributed by atoms with Crippen LogP contribution in [-0.4, -0.2) is 76.5 Å². The molecule has 0 radical (unpaired) electrons. The van der Waals surface area contributed by atoms with Crippen molar-refractivity contribution in [3.05, 3.63) is 24.3 Å². The number of fused-ring (bicyclic) bond motifs is 2. The van der Waals surface area contributed by atoms with Crippen LogP contribution in [0.15, 0.2) is 24.3 Å². The number of carbonyl (C=O) groups is 5. The summed E-state index contributed by atoms with van der Waals surface area (Å²) in [5, 5.41) is 11.3. The molecule has 0 bridgehead atoms. The van der Waals surface area contributed by atoms with Crippen LogP contribution in [0.2, 0.25) is 0 Å². The minimum absolute atomic E-state index is 0.0523. The maximum Gasteiger partial charge on any atom is 0.312 e. The van der Waals surface area contributed by atoms with Gasteiger partial charge in [-0.2, -0.15) is 0 Å². The zero-order valence-electron chi connectivity index (χ0n) is 23.6. The van der Waals surface area contributed by atoms with E-state index in [-0.39, 0.29) is 19.3 Å². The van der Waals surface area contributed by atoms with Crippen molar-refractivity contribution in [1.29, 1.82) is 0 Å². The van der Waals surface area contributed by atoms with Crippen LogP contribution in [0.1, 0.15) is 60.8 Å². The smallest absolute Gasteiger partial charge is 0.312 e. The van der Waals surface area contributed by atoms with E-state index < -0.39 is 88.6 Å². The molecule has 2 aliphatic carbocycles. The Kier molecular flexibility index (Phi) is 9.10. The lowest BCUT2D eigenvalue weighted by molar-refractivity contribution is -0.237. The van der Waals surface area contributed by atoms with E-state index in [1.807, 2.05) is 0 Å². The van der Waals surface area contributed by atoms with Gasteiger partial charge in [-0.05, 0) is 19.8 Å². The molecule has 0 amide bonds. The van der Waals surface area contributed by atoms with Crippen LogP contribution in [0.5, 0.6) is 0 Å². The van der Waals surface area contributed by atoms with Crippen LogP contribution in [0.3, 0.4) is 0 Å². The first-order valence-electron chi connectivity index (χ1n) is 13.1. The molecular formula is C28H37ClO11. The lowest BCUT2D eigenvalue weighted by Crippen LogP contribution is -2.69. The van der Waals surface area contributed by atoms with Gasteiger partial charge in [0, 0.05) is 40.0 Å². The van der Waals surface area contributed by atoms with Crippen LogP contribution < -0.4 is 0 Å². The highest BCUT2D eigenvalue weighted by molar-refractivity contribution is 6.23. The lowest BCUT2D eigenvalue weighted by atomic mass is 9.54. The number of alkyl halides is 1. The summed E-state index contributed by atoms with van der Waals surface area (Å²) in [6.45, 7) is 16.0. The number of aliphatic hydroxyl groups is 1. The van der Waals surface area contributed by atoms with Crippen molar-refractivity contribution in [2.75, 3.05) is 0 Å². The average Bonchev–Trinajstić information content (AvgIpc) is 3.06. The van der Waals surface area contributed by atoms with E-state index in [0.717, 1.165) is 6.92 Å². The van der Waals surface area contributed by atoms with E-state index in [0.29, 0.717) is 11.1 Å². The minimum atomic E-state index is -2.21. The van der Waals surface area contributed by atoms with E-state index >= 15 is 0 Å². The number of rotatable bonds is 4. The first-order chi connectivity index (χ1) is 18.5. The Morgan fingerprint density at radius 3 is 1.98 bits per heavy atom. The Balaban J connectivity index is 2.41. The van der Waals surface area contributed by atoms with E-state index in [2.05, 4.69) is 13.2 Å². The fourth-order valence-electron chi connectivity index (χ4n) is 6.56. The molecule has 1 N–H and O–H groups in total. The van der Waals surface area contributed by atoms with Crippen LogP contribution in [0.25, 0.3) is 0 Å². The van der Waals surface area contributed by atoms with Crippen LogP contribution in [0.4, 0.5) is 0 Å². The Morgan fingerprint density at radius 1 is 0.925 bits per heavy atom. The third kappa shape index (κ3) is 5.50. The van der Waals surface area contributed by atoms with Gasteiger partial charge >= 0.3 is 29.8 Å². The number of hydrogen-bond acceptors (Lipinski definition) is 11. The van der Waals surface area contributed by atoms with Crippen molar-refractivity contribution in [1.82, 2.24) is 0 Å². The van der Waals surface area contributed by atoms with Crippen LogP contribution in [0, 0.1) is 17.3 Å². The molecule has 0 aromatic rings. The quantitative estimate of drug-likeness (QED) is 0.224. The highest BCUT2D eigenvalue weighted by atomic mass is 35.5. The van der Waals surface area contributed by atoms with E-state index in [1.54, 1.807) is 6.92 Å². The van der Waals surface area contributed by atoms with Crippen molar-refractivity contribution in [3.63, 3.8) is 0 Å². The molecule has 11 nitrogen and oxygen atoms in total. The third-order valence-corrected chi connectivity index (χ3v) is 8.85. The molecule has 0 aromatic carbocycles. The molecule has 1 saturated heterocycles. The second-order valence-corrected chi connectivity index (χ2v) is 11.5. The van der Waals surface area contributed by atoms with Crippen molar-refractivity contribution in [2.24, 2.45) is 17.3 Å². The maximum absolute atomic E-state index is 12.9. The number of carbonyl (C=O) groups excluding carboxylic acids is 5. The number of hydrogen-bond donors (Lipinski definition) is 1. The highest BCUT2D eigenvalue weighted by Gasteiger charge is 2.70. The van der Waals surface area contributed by atoms with E-state index in [1.165, 1.54) is 27.7 Å². The molecule has 1 aliphatic heterocycles. The Labute approximate surface area is 238 Å². The minimum Gasteiger partial charge on any atom is -0.462 e. The van der Waals surface area contributed by atoms with Gasteiger partial charge in [-0.1, -0.05) is 31.2 Å². The summed E-state index contributed by atoms with van der Waals surface area (Å²) in [6, 6.07) is 0. The van der Waals surface area contributed by atoms with Crippen LogP contribution in [-0.2, 0) is 47.7 Å². The summed E-state index contributed by atoms with van der Waals surface area (Å²) in [4.78, 5) is 62.4. The molecule has 10 atom stereocenters. The molecule has 222 valence electrons. The summed E-state index contributed by atoms with van der Waals surface area (Å²) in [7, 11) is 0. The van der Waals surface area contributed by atoms with Crippen molar-refractivity contribution >= 4 is 41.4 Å². The third-order valence-electron chi connectivity index (χ3n) is 8.32. The molecule has 3 rings (SSSR count). The summed E-state index contributed by atoms with van der Waals surface area (Å²) in [5.74, 6) is -5.92. The van der Waals surface area contributed by atoms with Gasteiger partial charge in [-0.25, -0.2) is 0 Å². The Hall–Kier alpha value is -2.92. The zero-order valence-corrected chi connectivity index (χ0v) is 24.3. The molecule has 0 aromatic heterocycles. The molecule has 2 saturated carbocycles. The summed E-state index contributed by atoms with van der Waals surface area (Å²) in [5.41, 5.74) is -3.02. The number of halogens is 1. The fraction of sp³-hybridized carbons (Fsp3) is 0.679. The second-order valence-electron chi connectivity index (χ2n) is 11.1. The molecular weight excluding hydrogens is 548 g/mol. The number of ether oxygens (including phenoxy) is 5. The van der Waals surface area contributed by atoms with Gasteiger partial charge in [0.05, 0.1) is 16.7 Å². The largest absolute Gasteiger partial charge is 0.462 e.